The fourth-order valence-corrected chi connectivity index (χ4v) is 4.88. The zero-order chi connectivity index (χ0) is 24.4. The summed E-state index contributed by atoms with van der Waals surface area (Å²) < 4.78 is 33.8. The molecule has 0 spiro atoms. The highest BCUT2D eigenvalue weighted by Gasteiger charge is 2.20. The van der Waals surface area contributed by atoms with Crippen LogP contribution in [-0.4, -0.2) is 24.5 Å². The minimum atomic E-state index is -3.88. The van der Waals surface area contributed by atoms with Crippen LogP contribution < -0.4 is 15.2 Å². The minimum Gasteiger partial charge on any atom is -0.393 e. The highest BCUT2D eigenvalue weighted by Crippen LogP contribution is 2.38. The second-order valence-electron chi connectivity index (χ2n) is 7.73. The van der Waals surface area contributed by atoms with E-state index >= 15 is 0 Å². The third-order valence-corrected chi connectivity index (χ3v) is 6.80. The number of nitrogens with two attached hydrogens (primary N) is 1. The second kappa shape index (κ2) is 8.96. The van der Waals surface area contributed by atoms with Gasteiger partial charge in [-0.2, -0.15) is 0 Å². The van der Waals surface area contributed by atoms with E-state index in [-0.39, 0.29) is 16.5 Å². The number of hydrogen-bond donors (Lipinski definition) is 3. The molecule has 2 heterocycles. The van der Waals surface area contributed by atoms with Crippen LogP contribution in [0, 0.1) is 0 Å². The first-order valence-corrected chi connectivity index (χ1v) is 12.1. The van der Waals surface area contributed by atoms with Gasteiger partial charge < -0.3 is 15.5 Å². The lowest BCUT2D eigenvalue weighted by Crippen LogP contribution is -2.16. The van der Waals surface area contributed by atoms with Gasteiger partial charge >= 0.3 is 6.09 Å². The van der Waals surface area contributed by atoms with E-state index in [1.165, 1.54) is 6.20 Å². The Bertz CT molecular complexity index is 1620. The molecule has 174 valence electrons. The number of aromatic nitrogens is 2. The Morgan fingerprint density at radius 3 is 2.09 bits per heavy atom. The van der Waals surface area contributed by atoms with Crippen molar-refractivity contribution in [2.75, 3.05) is 4.72 Å². The number of carbonyl (C=O) groups excluding carboxylic acids is 1. The van der Waals surface area contributed by atoms with Gasteiger partial charge in [0.15, 0.2) is 0 Å². The lowest BCUT2D eigenvalue weighted by atomic mass is 10.1. The Hall–Kier alpha value is -4.63. The van der Waals surface area contributed by atoms with Crippen molar-refractivity contribution >= 4 is 32.8 Å². The van der Waals surface area contributed by atoms with E-state index in [1.807, 2.05) is 60.7 Å². The molecule has 35 heavy (non-hydrogen) atoms. The van der Waals surface area contributed by atoms with Crippen LogP contribution in [0.25, 0.3) is 33.3 Å². The SMILES string of the molecule is NC(=O)Oc1[nH]c2ncc(NS(=O)(=O)c3ccc(-c4ccccc4)cc3)cc2c1-c1ccccc1. The molecule has 5 aromatic rings. The number of sulfonamides is 1. The highest BCUT2D eigenvalue weighted by atomic mass is 32.2. The summed E-state index contributed by atoms with van der Waals surface area (Å²) in [4.78, 5) is 18.8. The highest BCUT2D eigenvalue weighted by molar-refractivity contribution is 7.92. The summed E-state index contributed by atoms with van der Waals surface area (Å²) in [6.07, 6.45) is 0.408. The molecule has 0 aliphatic carbocycles. The number of benzene rings is 3. The summed E-state index contributed by atoms with van der Waals surface area (Å²) in [6.45, 7) is 0. The fraction of sp³-hybridized carbons (Fsp3) is 0. The number of carbonyl (C=O) groups is 1. The Kier molecular flexibility index (Phi) is 5.68. The average Bonchev–Trinajstić information content (AvgIpc) is 3.21. The molecular weight excluding hydrogens is 464 g/mol. The van der Waals surface area contributed by atoms with E-state index in [2.05, 4.69) is 14.7 Å². The molecule has 0 aliphatic heterocycles. The second-order valence-corrected chi connectivity index (χ2v) is 9.41. The number of primary amides is 1. The third-order valence-electron chi connectivity index (χ3n) is 5.41. The van der Waals surface area contributed by atoms with E-state index < -0.39 is 16.1 Å². The molecule has 0 saturated heterocycles. The van der Waals surface area contributed by atoms with Gasteiger partial charge in [-0.3, -0.25) is 4.72 Å². The fourth-order valence-electron chi connectivity index (χ4n) is 3.84. The van der Waals surface area contributed by atoms with Gasteiger partial charge in [0.1, 0.15) is 5.65 Å². The summed E-state index contributed by atoms with van der Waals surface area (Å²) in [5.41, 5.74) is 9.09. The molecule has 8 nitrogen and oxygen atoms in total. The molecule has 0 radical (unpaired) electrons. The number of fused-ring (bicyclic) bond motifs is 1. The molecular formula is C26H20N4O4S. The van der Waals surface area contributed by atoms with Crippen molar-refractivity contribution in [2.45, 2.75) is 4.90 Å². The van der Waals surface area contributed by atoms with Gasteiger partial charge in [-0.25, -0.2) is 18.2 Å². The topological polar surface area (TPSA) is 127 Å². The van der Waals surface area contributed by atoms with Crippen molar-refractivity contribution in [3.63, 3.8) is 0 Å². The first-order valence-electron chi connectivity index (χ1n) is 10.6. The number of ether oxygens (including phenoxy) is 1. The number of H-pyrrole nitrogens is 1. The van der Waals surface area contributed by atoms with E-state index in [0.717, 1.165) is 16.7 Å². The van der Waals surface area contributed by atoms with Gasteiger partial charge in [-0.1, -0.05) is 72.8 Å². The number of pyridine rings is 1. The smallest absolute Gasteiger partial charge is 0.393 e. The van der Waals surface area contributed by atoms with Gasteiger partial charge in [0.25, 0.3) is 10.0 Å². The maximum atomic E-state index is 13.1. The molecule has 5 rings (SSSR count). The molecule has 0 fully saturated rings. The van der Waals surface area contributed by atoms with Crippen molar-refractivity contribution < 1.29 is 17.9 Å². The van der Waals surface area contributed by atoms with Crippen LogP contribution in [0.15, 0.2) is 102 Å². The molecule has 0 unspecified atom stereocenters. The summed E-state index contributed by atoms with van der Waals surface area (Å²) in [6, 6.07) is 27.2. The number of amides is 1. The Morgan fingerprint density at radius 2 is 1.46 bits per heavy atom. The lowest BCUT2D eigenvalue weighted by molar-refractivity contribution is 0.209. The first-order chi connectivity index (χ1) is 16.9. The number of anilines is 1. The maximum Gasteiger partial charge on any atom is 0.411 e. The van der Waals surface area contributed by atoms with E-state index in [0.29, 0.717) is 16.6 Å². The predicted molar refractivity (Wildman–Crippen MR) is 134 cm³/mol. The molecule has 9 heteroatoms. The molecule has 0 aliphatic rings. The van der Waals surface area contributed by atoms with Crippen LogP contribution >= 0.6 is 0 Å². The Morgan fingerprint density at radius 1 is 0.857 bits per heavy atom. The van der Waals surface area contributed by atoms with Crippen LogP contribution in [0.4, 0.5) is 10.5 Å². The summed E-state index contributed by atoms with van der Waals surface area (Å²) in [7, 11) is -3.88. The standard InChI is InChI=1S/C26H20N4O4S/c27-26(31)34-25-23(19-9-5-2-6-10-19)22-15-20(16-28-24(22)29-25)30-35(32,33)21-13-11-18(12-14-21)17-7-3-1-4-8-17/h1-16,30H,(H2,27,31)(H,28,29). The molecule has 0 bridgehead atoms. The molecule has 2 aromatic heterocycles. The number of rotatable bonds is 6. The van der Waals surface area contributed by atoms with Gasteiger partial charge in [-0.05, 0) is 34.9 Å². The normalized spacial score (nSPS) is 11.3. The first kappa shape index (κ1) is 22.2. The third kappa shape index (κ3) is 4.57. The lowest BCUT2D eigenvalue weighted by Gasteiger charge is -2.09. The van der Waals surface area contributed by atoms with Crippen LogP contribution in [0.3, 0.4) is 0 Å². The summed E-state index contributed by atoms with van der Waals surface area (Å²) in [5.74, 6) is 0.128. The summed E-state index contributed by atoms with van der Waals surface area (Å²) in [5, 5.41) is 0.562. The Labute approximate surface area is 201 Å². The quantitative estimate of drug-likeness (QED) is 0.307. The van der Waals surface area contributed by atoms with Crippen LogP contribution in [0.2, 0.25) is 0 Å². The van der Waals surface area contributed by atoms with Crippen LogP contribution in [0.5, 0.6) is 5.88 Å². The maximum absolute atomic E-state index is 13.1. The minimum absolute atomic E-state index is 0.118. The van der Waals surface area contributed by atoms with Gasteiger partial charge in [0.05, 0.1) is 22.3 Å². The number of hydrogen-bond acceptors (Lipinski definition) is 5. The van der Waals surface area contributed by atoms with Crippen LogP contribution in [0.1, 0.15) is 0 Å². The van der Waals surface area contributed by atoms with Gasteiger partial charge in [0.2, 0.25) is 5.88 Å². The Balaban J connectivity index is 1.50. The van der Waals surface area contributed by atoms with Crippen molar-refractivity contribution in [3.8, 4) is 28.1 Å². The van der Waals surface area contributed by atoms with E-state index in [4.69, 9.17) is 10.5 Å². The molecule has 0 atom stereocenters. The van der Waals surface area contributed by atoms with Gasteiger partial charge in [-0.15, -0.1) is 0 Å². The van der Waals surface area contributed by atoms with Crippen molar-refractivity contribution in [3.05, 3.63) is 97.2 Å². The largest absolute Gasteiger partial charge is 0.411 e. The molecule has 3 aromatic carbocycles. The van der Waals surface area contributed by atoms with E-state index in [1.54, 1.807) is 30.3 Å². The van der Waals surface area contributed by atoms with Crippen molar-refractivity contribution in [1.29, 1.82) is 0 Å². The number of aromatic amines is 1. The molecule has 4 N–H and O–H groups in total. The predicted octanol–water partition coefficient (Wildman–Crippen LogP) is 5.16. The van der Waals surface area contributed by atoms with Crippen molar-refractivity contribution in [2.24, 2.45) is 5.73 Å². The van der Waals surface area contributed by atoms with Crippen LogP contribution in [-0.2, 0) is 10.0 Å². The molecule has 0 saturated carbocycles. The zero-order valence-electron chi connectivity index (χ0n) is 18.3. The van der Waals surface area contributed by atoms with E-state index in [9.17, 15) is 13.2 Å². The number of nitrogens with one attached hydrogen (secondary N) is 2. The van der Waals surface area contributed by atoms with Gasteiger partial charge in [0, 0.05) is 5.39 Å². The number of nitrogens with zero attached hydrogens (tertiary/aromatic N) is 1. The summed E-state index contributed by atoms with van der Waals surface area (Å²) >= 11 is 0. The average molecular weight is 485 g/mol. The van der Waals surface area contributed by atoms with Crippen molar-refractivity contribution in [1.82, 2.24) is 9.97 Å². The zero-order valence-corrected chi connectivity index (χ0v) is 19.1. The monoisotopic (exact) mass is 484 g/mol. The molecule has 1 amide bonds.